The first-order chi connectivity index (χ1) is 10.3. The highest BCUT2D eigenvalue weighted by molar-refractivity contribution is 5.68. The fourth-order valence-corrected chi connectivity index (χ4v) is 2.44. The van der Waals surface area contributed by atoms with Crippen molar-refractivity contribution in [2.24, 2.45) is 0 Å². The lowest BCUT2D eigenvalue weighted by Crippen LogP contribution is -1.99. The Morgan fingerprint density at radius 2 is 1.24 bits per heavy atom. The smallest absolute Gasteiger partial charge is 0.305 e. The quantitative estimate of drug-likeness (QED) is 0.204. The Kier molecular flexibility index (Phi) is 16.6. The number of hydrogen-bond donors (Lipinski definition) is 0. The van der Waals surface area contributed by atoms with Gasteiger partial charge >= 0.3 is 5.97 Å². The Hall–Kier alpha value is -0.790. The second-order valence-corrected chi connectivity index (χ2v) is 5.91. The molecular formula is C19H36O2. The Morgan fingerprint density at radius 1 is 0.762 bits per heavy atom. The molecule has 0 spiro atoms. The fraction of sp³-hybridized carbons (Fsp3) is 0.842. The molecule has 0 saturated heterocycles. The van der Waals surface area contributed by atoms with Crippen LogP contribution in [0.15, 0.2) is 12.2 Å². The Morgan fingerprint density at radius 3 is 1.76 bits per heavy atom. The molecule has 0 aliphatic rings. The van der Waals surface area contributed by atoms with Crippen LogP contribution in [0, 0.1) is 0 Å². The van der Waals surface area contributed by atoms with Crippen molar-refractivity contribution in [2.75, 3.05) is 7.11 Å². The van der Waals surface area contributed by atoms with Gasteiger partial charge in [-0.1, -0.05) is 70.4 Å². The maximum atomic E-state index is 10.9. The molecule has 124 valence electrons. The summed E-state index contributed by atoms with van der Waals surface area (Å²) >= 11 is 0. The van der Waals surface area contributed by atoms with Gasteiger partial charge in [0.05, 0.1) is 7.11 Å². The summed E-state index contributed by atoms with van der Waals surface area (Å²) in [5.41, 5.74) is 0. The summed E-state index contributed by atoms with van der Waals surface area (Å²) in [4.78, 5) is 10.9. The summed E-state index contributed by atoms with van der Waals surface area (Å²) < 4.78 is 4.62. The summed E-state index contributed by atoms with van der Waals surface area (Å²) in [7, 11) is 1.46. The van der Waals surface area contributed by atoms with E-state index in [1.165, 1.54) is 77.7 Å². The fourth-order valence-electron chi connectivity index (χ4n) is 2.44. The van der Waals surface area contributed by atoms with Crippen LogP contribution in [-0.2, 0) is 9.53 Å². The van der Waals surface area contributed by atoms with Gasteiger partial charge in [-0.3, -0.25) is 4.79 Å². The van der Waals surface area contributed by atoms with Crippen LogP contribution in [0.4, 0.5) is 0 Å². The number of methoxy groups -OCH3 is 1. The second-order valence-electron chi connectivity index (χ2n) is 5.91. The first-order valence-corrected chi connectivity index (χ1v) is 9.03. The first-order valence-electron chi connectivity index (χ1n) is 9.03. The standard InChI is InChI=1S/C19H36O2/c1-3-4-5-6-7-8-9-10-11-12-13-14-15-16-17-18-19(20)21-2/h7-8H,3-6,9-18H2,1-2H3/b8-7+. The van der Waals surface area contributed by atoms with Crippen LogP contribution in [0.3, 0.4) is 0 Å². The van der Waals surface area contributed by atoms with Crippen LogP contribution in [0.2, 0.25) is 0 Å². The molecule has 0 aliphatic carbocycles. The molecule has 0 atom stereocenters. The first kappa shape index (κ1) is 20.2. The molecule has 0 amide bonds. The van der Waals surface area contributed by atoms with Crippen LogP contribution in [0.1, 0.15) is 96.8 Å². The van der Waals surface area contributed by atoms with E-state index in [9.17, 15) is 4.79 Å². The SMILES string of the molecule is CCCCC/C=C/CCCCCCCCCCC(=O)OC. The summed E-state index contributed by atoms with van der Waals surface area (Å²) in [6, 6.07) is 0. The zero-order chi connectivity index (χ0) is 15.6. The van der Waals surface area contributed by atoms with Crippen molar-refractivity contribution < 1.29 is 9.53 Å². The molecular weight excluding hydrogens is 260 g/mol. The summed E-state index contributed by atoms with van der Waals surface area (Å²) in [5.74, 6) is -0.0715. The van der Waals surface area contributed by atoms with Crippen LogP contribution in [0.5, 0.6) is 0 Å². The average Bonchev–Trinajstić information content (AvgIpc) is 2.50. The number of ether oxygens (including phenoxy) is 1. The highest BCUT2D eigenvalue weighted by atomic mass is 16.5. The molecule has 2 nitrogen and oxygen atoms in total. The molecule has 0 aromatic carbocycles. The Bertz CT molecular complexity index is 246. The molecule has 0 saturated carbocycles. The van der Waals surface area contributed by atoms with Gasteiger partial charge in [0, 0.05) is 6.42 Å². The van der Waals surface area contributed by atoms with Crippen molar-refractivity contribution in [3.63, 3.8) is 0 Å². The molecule has 0 aromatic rings. The molecule has 0 N–H and O–H groups in total. The predicted molar refractivity (Wildman–Crippen MR) is 91.5 cm³/mol. The van der Waals surface area contributed by atoms with Crippen LogP contribution in [-0.4, -0.2) is 13.1 Å². The molecule has 21 heavy (non-hydrogen) atoms. The zero-order valence-corrected chi connectivity index (χ0v) is 14.4. The Labute approximate surface area is 132 Å². The average molecular weight is 296 g/mol. The molecule has 0 fully saturated rings. The van der Waals surface area contributed by atoms with Crippen molar-refractivity contribution in [3.05, 3.63) is 12.2 Å². The van der Waals surface area contributed by atoms with Gasteiger partial charge in [-0.05, 0) is 32.1 Å². The molecule has 0 aliphatic heterocycles. The van der Waals surface area contributed by atoms with E-state index in [0.29, 0.717) is 6.42 Å². The van der Waals surface area contributed by atoms with Crippen molar-refractivity contribution in [1.29, 1.82) is 0 Å². The van der Waals surface area contributed by atoms with Crippen molar-refractivity contribution in [2.45, 2.75) is 96.8 Å². The molecule has 0 bridgehead atoms. The van der Waals surface area contributed by atoms with Gasteiger partial charge in [0.2, 0.25) is 0 Å². The van der Waals surface area contributed by atoms with E-state index in [2.05, 4.69) is 23.8 Å². The monoisotopic (exact) mass is 296 g/mol. The third kappa shape index (κ3) is 17.2. The lowest BCUT2D eigenvalue weighted by molar-refractivity contribution is -0.140. The number of carbonyl (C=O) groups is 1. The van der Waals surface area contributed by atoms with Gasteiger partial charge < -0.3 is 4.74 Å². The van der Waals surface area contributed by atoms with Gasteiger partial charge in [-0.25, -0.2) is 0 Å². The number of carbonyl (C=O) groups excluding carboxylic acids is 1. The summed E-state index contributed by atoms with van der Waals surface area (Å²) in [6.45, 7) is 2.25. The minimum Gasteiger partial charge on any atom is -0.469 e. The van der Waals surface area contributed by atoms with E-state index in [1.807, 2.05) is 0 Å². The van der Waals surface area contributed by atoms with Gasteiger partial charge in [-0.15, -0.1) is 0 Å². The Balaban J connectivity index is 3.07. The normalized spacial score (nSPS) is 11.1. The molecule has 0 radical (unpaired) electrons. The second kappa shape index (κ2) is 17.3. The van der Waals surface area contributed by atoms with E-state index in [4.69, 9.17) is 0 Å². The number of unbranched alkanes of at least 4 members (excludes halogenated alkanes) is 11. The highest BCUT2D eigenvalue weighted by Crippen LogP contribution is 2.11. The minimum atomic E-state index is -0.0715. The van der Waals surface area contributed by atoms with E-state index >= 15 is 0 Å². The molecule has 0 aromatic heterocycles. The molecule has 0 unspecified atom stereocenters. The number of allylic oxidation sites excluding steroid dienone is 2. The van der Waals surface area contributed by atoms with E-state index < -0.39 is 0 Å². The van der Waals surface area contributed by atoms with Crippen LogP contribution in [0.25, 0.3) is 0 Å². The van der Waals surface area contributed by atoms with E-state index in [-0.39, 0.29) is 5.97 Å². The lowest BCUT2D eigenvalue weighted by Gasteiger charge is -2.01. The molecule has 0 rings (SSSR count). The van der Waals surface area contributed by atoms with Gasteiger partial charge in [0.1, 0.15) is 0 Å². The highest BCUT2D eigenvalue weighted by Gasteiger charge is 1.98. The summed E-state index contributed by atoms with van der Waals surface area (Å²) in [6.07, 6.45) is 22.0. The summed E-state index contributed by atoms with van der Waals surface area (Å²) in [5, 5.41) is 0. The number of hydrogen-bond acceptors (Lipinski definition) is 2. The minimum absolute atomic E-state index is 0.0715. The van der Waals surface area contributed by atoms with Crippen molar-refractivity contribution in [3.8, 4) is 0 Å². The largest absolute Gasteiger partial charge is 0.469 e. The van der Waals surface area contributed by atoms with E-state index in [1.54, 1.807) is 0 Å². The zero-order valence-electron chi connectivity index (χ0n) is 14.4. The van der Waals surface area contributed by atoms with E-state index in [0.717, 1.165) is 12.8 Å². The van der Waals surface area contributed by atoms with Crippen LogP contribution >= 0.6 is 0 Å². The maximum absolute atomic E-state index is 10.9. The molecule has 0 heterocycles. The van der Waals surface area contributed by atoms with Gasteiger partial charge in [0.15, 0.2) is 0 Å². The molecule has 2 heteroatoms. The topological polar surface area (TPSA) is 26.3 Å². The predicted octanol–water partition coefficient (Wildman–Crippen LogP) is 6.20. The third-order valence-electron chi connectivity index (χ3n) is 3.87. The van der Waals surface area contributed by atoms with Gasteiger partial charge in [-0.2, -0.15) is 0 Å². The van der Waals surface area contributed by atoms with Crippen molar-refractivity contribution in [1.82, 2.24) is 0 Å². The third-order valence-corrected chi connectivity index (χ3v) is 3.87. The van der Waals surface area contributed by atoms with Crippen molar-refractivity contribution >= 4 is 5.97 Å². The lowest BCUT2D eigenvalue weighted by atomic mass is 10.1. The number of rotatable bonds is 15. The maximum Gasteiger partial charge on any atom is 0.305 e. The van der Waals surface area contributed by atoms with Gasteiger partial charge in [0.25, 0.3) is 0 Å². The van der Waals surface area contributed by atoms with Crippen LogP contribution < -0.4 is 0 Å². The number of esters is 1.